The Kier molecular flexibility index (Phi) is 3.57. The fourth-order valence-corrected chi connectivity index (χ4v) is 2.45. The molecule has 1 unspecified atom stereocenters. The number of nitrogens with one attached hydrogen (secondary N) is 1. The highest BCUT2D eigenvalue weighted by Gasteiger charge is 2.35. The van der Waals surface area contributed by atoms with E-state index in [1.54, 1.807) is 0 Å². The Bertz CT molecular complexity index is 235. The van der Waals surface area contributed by atoms with Crippen LogP contribution in [0, 0.1) is 11.3 Å². The molecular formula is C11H20N4. The molecule has 1 N–H and O–H groups in total. The van der Waals surface area contributed by atoms with Gasteiger partial charge in [0.05, 0.1) is 12.1 Å². The Morgan fingerprint density at radius 3 is 2.60 bits per heavy atom. The van der Waals surface area contributed by atoms with E-state index >= 15 is 0 Å². The van der Waals surface area contributed by atoms with Crippen molar-refractivity contribution in [1.82, 2.24) is 15.1 Å². The predicted octanol–water partition coefficient (Wildman–Crippen LogP) is -0.122. The number of rotatable bonds is 3. The van der Waals surface area contributed by atoms with E-state index in [4.69, 9.17) is 5.26 Å². The van der Waals surface area contributed by atoms with Crippen LogP contribution in [0.5, 0.6) is 0 Å². The molecule has 0 aromatic rings. The molecule has 84 valence electrons. The lowest BCUT2D eigenvalue weighted by atomic mass is 10.0. The molecule has 0 amide bonds. The van der Waals surface area contributed by atoms with E-state index in [2.05, 4.69) is 28.1 Å². The number of hydrogen-bond donors (Lipinski definition) is 1. The first-order chi connectivity index (χ1) is 7.35. The lowest BCUT2D eigenvalue weighted by Gasteiger charge is -2.48. The summed E-state index contributed by atoms with van der Waals surface area (Å²) in [4.78, 5) is 4.85. The van der Waals surface area contributed by atoms with Gasteiger partial charge in [0.25, 0.3) is 0 Å². The second-order valence-electron chi connectivity index (χ2n) is 4.45. The highest BCUT2D eigenvalue weighted by Crippen LogP contribution is 2.19. The Morgan fingerprint density at radius 2 is 2.07 bits per heavy atom. The number of piperazine rings is 1. The van der Waals surface area contributed by atoms with Crippen LogP contribution in [-0.2, 0) is 0 Å². The van der Waals surface area contributed by atoms with Crippen molar-refractivity contribution in [2.75, 3.05) is 39.3 Å². The van der Waals surface area contributed by atoms with Gasteiger partial charge >= 0.3 is 0 Å². The van der Waals surface area contributed by atoms with Gasteiger partial charge < -0.3 is 5.32 Å². The van der Waals surface area contributed by atoms with Gasteiger partial charge in [0.1, 0.15) is 0 Å². The van der Waals surface area contributed by atoms with Gasteiger partial charge in [-0.05, 0) is 6.42 Å². The fraction of sp³-hybridized carbons (Fsp3) is 0.909. The average molecular weight is 208 g/mol. The maximum Gasteiger partial charge on any atom is 0.0976 e. The van der Waals surface area contributed by atoms with Crippen LogP contribution >= 0.6 is 0 Å². The third-order valence-electron chi connectivity index (χ3n) is 3.53. The van der Waals surface area contributed by atoms with E-state index in [0.717, 1.165) is 32.6 Å². The van der Waals surface area contributed by atoms with Crippen molar-refractivity contribution in [3.8, 4) is 6.07 Å². The Hall–Kier alpha value is -0.630. The SMILES string of the molecule is CCC(C#N)N1CC(N2CCNCC2)C1. The maximum absolute atomic E-state index is 8.94. The molecule has 15 heavy (non-hydrogen) atoms. The second-order valence-corrected chi connectivity index (χ2v) is 4.45. The first-order valence-corrected chi connectivity index (χ1v) is 5.93. The van der Waals surface area contributed by atoms with Crippen molar-refractivity contribution >= 4 is 0 Å². The highest BCUT2D eigenvalue weighted by molar-refractivity contribution is 5.00. The van der Waals surface area contributed by atoms with E-state index in [1.807, 2.05) is 0 Å². The van der Waals surface area contributed by atoms with Crippen LogP contribution in [0.1, 0.15) is 13.3 Å². The Balaban J connectivity index is 1.75. The summed E-state index contributed by atoms with van der Waals surface area (Å²) in [6, 6.07) is 3.22. The van der Waals surface area contributed by atoms with E-state index in [0.29, 0.717) is 6.04 Å². The minimum atomic E-state index is 0.143. The topological polar surface area (TPSA) is 42.3 Å². The van der Waals surface area contributed by atoms with Crippen LogP contribution in [-0.4, -0.2) is 61.2 Å². The van der Waals surface area contributed by atoms with Gasteiger partial charge in [0.15, 0.2) is 0 Å². The molecule has 2 fully saturated rings. The van der Waals surface area contributed by atoms with Crippen LogP contribution in [0.15, 0.2) is 0 Å². The number of nitriles is 1. The molecular weight excluding hydrogens is 188 g/mol. The molecule has 1 atom stereocenters. The molecule has 2 rings (SSSR count). The molecule has 0 radical (unpaired) electrons. The van der Waals surface area contributed by atoms with Crippen molar-refractivity contribution in [3.63, 3.8) is 0 Å². The van der Waals surface area contributed by atoms with Crippen LogP contribution in [0.2, 0.25) is 0 Å². The third-order valence-corrected chi connectivity index (χ3v) is 3.53. The van der Waals surface area contributed by atoms with Gasteiger partial charge in [-0.1, -0.05) is 6.92 Å². The van der Waals surface area contributed by atoms with Crippen LogP contribution < -0.4 is 5.32 Å². The lowest BCUT2D eigenvalue weighted by Crippen LogP contribution is -2.64. The van der Waals surface area contributed by atoms with Gasteiger partial charge in [-0.2, -0.15) is 5.26 Å². The minimum Gasteiger partial charge on any atom is -0.314 e. The monoisotopic (exact) mass is 208 g/mol. The smallest absolute Gasteiger partial charge is 0.0976 e. The first kappa shape index (κ1) is 10.9. The van der Waals surface area contributed by atoms with E-state index in [1.165, 1.54) is 13.1 Å². The summed E-state index contributed by atoms with van der Waals surface area (Å²) in [5, 5.41) is 12.3. The molecule has 4 nitrogen and oxygen atoms in total. The number of likely N-dealkylation sites (tertiary alicyclic amines) is 1. The normalized spacial score (nSPS) is 26.9. The van der Waals surface area contributed by atoms with Gasteiger partial charge in [0.2, 0.25) is 0 Å². The molecule has 0 saturated carbocycles. The third kappa shape index (κ3) is 2.31. The van der Waals surface area contributed by atoms with Crippen LogP contribution in [0.25, 0.3) is 0 Å². The standard InChI is InChI=1S/C11H20N4/c1-2-10(7-12)15-8-11(9-15)14-5-3-13-4-6-14/h10-11,13H,2-6,8-9H2,1H3. The number of hydrogen-bond acceptors (Lipinski definition) is 4. The molecule has 2 aliphatic heterocycles. The summed E-state index contributed by atoms with van der Waals surface area (Å²) in [6.45, 7) is 8.84. The van der Waals surface area contributed by atoms with E-state index in [9.17, 15) is 0 Å². The van der Waals surface area contributed by atoms with E-state index < -0.39 is 0 Å². The van der Waals surface area contributed by atoms with Crippen LogP contribution in [0.3, 0.4) is 0 Å². The second kappa shape index (κ2) is 4.93. The maximum atomic E-state index is 8.94. The zero-order valence-corrected chi connectivity index (χ0v) is 9.45. The molecule has 0 aliphatic carbocycles. The van der Waals surface area contributed by atoms with Crippen molar-refractivity contribution in [2.45, 2.75) is 25.4 Å². The van der Waals surface area contributed by atoms with Crippen molar-refractivity contribution in [1.29, 1.82) is 5.26 Å². The Morgan fingerprint density at radius 1 is 1.40 bits per heavy atom. The summed E-state index contributed by atoms with van der Waals surface area (Å²) in [5.74, 6) is 0. The highest BCUT2D eigenvalue weighted by atomic mass is 15.3. The summed E-state index contributed by atoms with van der Waals surface area (Å²) in [6.07, 6.45) is 0.949. The summed E-state index contributed by atoms with van der Waals surface area (Å²) in [5.41, 5.74) is 0. The van der Waals surface area contributed by atoms with Crippen molar-refractivity contribution in [3.05, 3.63) is 0 Å². The minimum absolute atomic E-state index is 0.143. The fourth-order valence-electron chi connectivity index (χ4n) is 2.45. The van der Waals surface area contributed by atoms with Gasteiger partial charge in [-0.15, -0.1) is 0 Å². The molecule has 0 aromatic heterocycles. The van der Waals surface area contributed by atoms with Crippen molar-refractivity contribution < 1.29 is 0 Å². The molecule has 0 spiro atoms. The molecule has 0 aromatic carbocycles. The molecule has 2 saturated heterocycles. The summed E-state index contributed by atoms with van der Waals surface area (Å²) < 4.78 is 0. The largest absolute Gasteiger partial charge is 0.314 e. The molecule has 4 heteroatoms. The van der Waals surface area contributed by atoms with Crippen molar-refractivity contribution in [2.24, 2.45) is 0 Å². The van der Waals surface area contributed by atoms with Gasteiger partial charge in [0, 0.05) is 45.3 Å². The predicted molar refractivity (Wildman–Crippen MR) is 59.5 cm³/mol. The summed E-state index contributed by atoms with van der Waals surface area (Å²) >= 11 is 0. The zero-order valence-electron chi connectivity index (χ0n) is 9.45. The zero-order chi connectivity index (χ0) is 10.7. The molecule has 2 aliphatic rings. The van der Waals surface area contributed by atoms with Gasteiger partial charge in [-0.3, -0.25) is 9.80 Å². The average Bonchev–Trinajstić information content (AvgIpc) is 2.24. The van der Waals surface area contributed by atoms with Gasteiger partial charge in [-0.25, -0.2) is 0 Å². The molecule has 2 heterocycles. The molecule has 0 bridgehead atoms. The first-order valence-electron chi connectivity index (χ1n) is 5.93. The summed E-state index contributed by atoms with van der Waals surface area (Å²) in [7, 11) is 0. The quantitative estimate of drug-likeness (QED) is 0.702. The van der Waals surface area contributed by atoms with E-state index in [-0.39, 0.29) is 6.04 Å². The Labute approximate surface area is 91.8 Å². The van der Waals surface area contributed by atoms with Crippen LogP contribution in [0.4, 0.5) is 0 Å². The lowest BCUT2D eigenvalue weighted by molar-refractivity contribution is 0.0120. The number of nitrogens with zero attached hydrogens (tertiary/aromatic N) is 3.